The summed E-state index contributed by atoms with van der Waals surface area (Å²) in [6.07, 6.45) is 6.59. The van der Waals surface area contributed by atoms with Crippen LogP contribution < -0.4 is 11.1 Å². The fraction of sp³-hybridized carbons (Fsp3) is 0.611. The first-order valence-corrected chi connectivity index (χ1v) is 9.35. The highest BCUT2D eigenvalue weighted by Gasteiger charge is 2.38. The van der Waals surface area contributed by atoms with Crippen LogP contribution in [0.5, 0.6) is 0 Å². The van der Waals surface area contributed by atoms with Crippen molar-refractivity contribution in [1.29, 1.82) is 0 Å². The summed E-state index contributed by atoms with van der Waals surface area (Å²) >= 11 is 0. The number of imidazole rings is 1. The zero-order valence-corrected chi connectivity index (χ0v) is 15.1. The number of nitrogens with zero attached hydrogens (tertiary/aromatic N) is 2. The average Bonchev–Trinajstić information content (AvgIpc) is 3.32. The summed E-state index contributed by atoms with van der Waals surface area (Å²) in [4.78, 5) is 57.4. The van der Waals surface area contributed by atoms with Crippen LogP contribution in [0.4, 0.5) is 0 Å². The van der Waals surface area contributed by atoms with Gasteiger partial charge in [-0.15, -0.1) is 0 Å². The number of rotatable bonds is 6. The van der Waals surface area contributed by atoms with Crippen molar-refractivity contribution in [2.24, 2.45) is 11.7 Å². The molecule has 3 rings (SSSR count). The number of hydrogen-bond acceptors (Lipinski definition) is 5. The molecule has 146 valence electrons. The zero-order valence-electron chi connectivity index (χ0n) is 15.1. The molecule has 9 heteroatoms. The Bertz CT molecular complexity index is 717. The van der Waals surface area contributed by atoms with E-state index >= 15 is 0 Å². The quantitative estimate of drug-likeness (QED) is 0.625. The van der Waals surface area contributed by atoms with Crippen molar-refractivity contribution in [2.75, 3.05) is 6.54 Å². The van der Waals surface area contributed by atoms with Gasteiger partial charge in [0.15, 0.2) is 0 Å². The van der Waals surface area contributed by atoms with E-state index in [9.17, 15) is 19.2 Å². The van der Waals surface area contributed by atoms with E-state index in [-0.39, 0.29) is 30.4 Å². The summed E-state index contributed by atoms with van der Waals surface area (Å²) in [6, 6.07) is -1.48. The molecule has 3 amide bonds. The third-order valence-electron chi connectivity index (χ3n) is 5.31. The first-order chi connectivity index (χ1) is 13.0. The molecule has 0 radical (unpaired) electrons. The molecule has 4 N–H and O–H groups in total. The smallest absolute Gasteiger partial charge is 0.246 e. The maximum Gasteiger partial charge on any atom is 0.246 e. The van der Waals surface area contributed by atoms with Crippen LogP contribution in [0.2, 0.25) is 0 Å². The molecule has 27 heavy (non-hydrogen) atoms. The van der Waals surface area contributed by atoms with Crippen LogP contribution in [-0.4, -0.2) is 57.0 Å². The number of amides is 3. The van der Waals surface area contributed by atoms with E-state index < -0.39 is 23.9 Å². The number of aromatic nitrogens is 2. The van der Waals surface area contributed by atoms with Crippen LogP contribution >= 0.6 is 0 Å². The molecule has 1 unspecified atom stereocenters. The molecular formula is C18H25N5O4. The second-order valence-electron chi connectivity index (χ2n) is 7.27. The Hall–Kier alpha value is -2.71. The number of primary amides is 1. The van der Waals surface area contributed by atoms with Gasteiger partial charge < -0.3 is 20.9 Å². The number of carbonyl (C=O) groups is 4. The van der Waals surface area contributed by atoms with Crippen LogP contribution in [0.3, 0.4) is 0 Å². The Morgan fingerprint density at radius 2 is 2.15 bits per heavy atom. The number of likely N-dealkylation sites (tertiary alicyclic amines) is 1. The Morgan fingerprint density at radius 3 is 2.81 bits per heavy atom. The number of hydrogen-bond donors (Lipinski definition) is 3. The second kappa shape index (κ2) is 8.32. The van der Waals surface area contributed by atoms with Crippen LogP contribution in [0.15, 0.2) is 12.5 Å². The van der Waals surface area contributed by atoms with Gasteiger partial charge in [0.1, 0.15) is 17.9 Å². The molecular weight excluding hydrogens is 350 g/mol. The van der Waals surface area contributed by atoms with Gasteiger partial charge in [-0.1, -0.05) is 0 Å². The predicted octanol–water partition coefficient (Wildman–Crippen LogP) is -0.327. The van der Waals surface area contributed by atoms with Crippen LogP contribution in [0, 0.1) is 5.92 Å². The number of carbonyl (C=O) groups excluding carboxylic acids is 4. The van der Waals surface area contributed by atoms with Gasteiger partial charge in [0.05, 0.1) is 6.33 Å². The van der Waals surface area contributed by atoms with E-state index in [2.05, 4.69) is 15.3 Å². The lowest BCUT2D eigenvalue weighted by molar-refractivity contribution is -0.141. The van der Waals surface area contributed by atoms with Crippen molar-refractivity contribution in [2.45, 2.75) is 57.0 Å². The Kier molecular flexibility index (Phi) is 5.88. The van der Waals surface area contributed by atoms with Crippen LogP contribution in [0.1, 0.15) is 44.2 Å². The molecule has 1 aliphatic heterocycles. The van der Waals surface area contributed by atoms with Crippen molar-refractivity contribution >= 4 is 23.5 Å². The number of H-pyrrole nitrogens is 1. The van der Waals surface area contributed by atoms with Crippen molar-refractivity contribution in [3.63, 3.8) is 0 Å². The number of ketones is 1. The fourth-order valence-corrected chi connectivity index (χ4v) is 3.88. The molecule has 1 aromatic heterocycles. The van der Waals surface area contributed by atoms with Crippen molar-refractivity contribution < 1.29 is 19.2 Å². The third kappa shape index (κ3) is 4.53. The monoisotopic (exact) mass is 375 g/mol. The van der Waals surface area contributed by atoms with Gasteiger partial charge in [-0.25, -0.2) is 4.98 Å². The molecule has 0 spiro atoms. The van der Waals surface area contributed by atoms with Gasteiger partial charge in [-0.3, -0.25) is 19.2 Å². The van der Waals surface area contributed by atoms with E-state index in [1.54, 1.807) is 6.20 Å². The molecule has 3 atom stereocenters. The maximum atomic E-state index is 13.1. The third-order valence-corrected chi connectivity index (χ3v) is 5.31. The van der Waals surface area contributed by atoms with Gasteiger partial charge in [-0.05, 0) is 25.7 Å². The summed E-state index contributed by atoms with van der Waals surface area (Å²) in [6.45, 7) is 0.434. The van der Waals surface area contributed by atoms with Gasteiger partial charge >= 0.3 is 0 Å². The van der Waals surface area contributed by atoms with E-state index in [1.807, 2.05) is 0 Å². The number of Topliss-reactive ketones (excluding diaryl/α,β-unsaturated/α-hetero) is 1. The highest BCUT2D eigenvalue weighted by molar-refractivity contribution is 5.94. The van der Waals surface area contributed by atoms with Gasteiger partial charge in [-0.2, -0.15) is 0 Å². The summed E-state index contributed by atoms with van der Waals surface area (Å²) in [5.41, 5.74) is 6.12. The van der Waals surface area contributed by atoms with Crippen LogP contribution in [0.25, 0.3) is 0 Å². The zero-order chi connectivity index (χ0) is 19.4. The minimum atomic E-state index is -0.838. The molecule has 2 heterocycles. The summed E-state index contributed by atoms with van der Waals surface area (Å²) in [5.74, 6) is -1.50. The average molecular weight is 375 g/mol. The Labute approximate surface area is 157 Å². The molecule has 1 saturated carbocycles. The Morgan fingerprint density at radius 1 is 1.33 bits per heavy atom. The largest absolute Gasteiger partial charge is 0.368 e. The summed E-state index contributed by atoms with van der Waals surface area (Å²) in [7, 11) is 0. The lowest BCUT2D eigenvalue weighted by atomic mass is 9.87. The standard InChI is InChI=1S/C18H25N5O4/c19-16(25)15-5-2-6-23(15)18(27)14(8-12-9-20-10-21-12)22-17(26)11-3-1-4-13(24)7-11/h9-11,14-15H,1-8H2,(H2,19,25)(H,20,21)(H,22,26)/t11?,14-,15-/m0/s1. The number of nitrogens with two attached hydrogens (primary N) is 1. The molecule has 2 fully saturated rings. The maximum absolute atomic E-state index is 13.1. The van der Waals surface area contributed by atoms with Gasteiger partial charge in [0.2, 0.25) is 17.7 Å². The number of aromatic amines is 1. The molecule has 0 aromatic carbocycles. The summed E-state index contributed by atoms with van der Waals surface area (Å²) in [5, 5.41) is 2.80. The predicted molar refractivity (Wildman–Crippen MR) is 95.1 cm³/mol. The van der Waals surface area contributed by atoms with Gasteiger partial charge in [0.25, 0.3) is 0 Å². The van der Waals surface area contributed by atoms with E-state index in [1.165, 1.54) is 11.2 Å². The molecule has 1 saturated heterocycles. The lowest BCUT2D eigenvalue weighted by Gasteiger charge is -2.29. The van der Waals surface area contributed by atoms with E-state index in [4.69, 9.17) is 5.73 Å². The normalized spacial score (nSPS) is 23.9. The first kappa shape index (κ1) is 19.1. The molecule has 0 bridgehead atoms. The SMILES string of the molecule is NC(=O)[C@@H]1CCCN1C(=O)[C@H](Cc1cnc[nH]1)NC(=O)C1CCCC(=O)C1. The second-order valence-corrected chi connectivity index (χ2v) is 7.27. The topological polar surface area (TPSA) is 138 Å². The Balaban J connectivity index is 1.74. The first-order valence-electron chi connectivity index (χ1n) is 9.35. The van der Waals surface area contributed by atoms with E-state index in [0.717, 1.165) is 0 Å². The minimum absolute atomic E-state index is 0.0752. The highest BCUT2D eigenvalue weighted by atomic mass is 16.2. The summed E-state index contributed by atoms with van der Waals surface area (Å²) < 4.78 is 0. The number of nitrogens with one attached hydrogen (secondary N) is 2. The molecule has 2 aliphatic rings. The fourth-order valence-electron chi connectivity index (χ4n) is 3.88. The van der Waals surface area contributed by atoms with E-state index in [0.29, 0.717) is 44.3 Å². The van der Waals surface area contributed by atoms with Crippen molar-refractivity contribution in [3.05, 3.63) is 18.2 Å². The molecule has 9 nitrogen and oxygen atoms in total. The lowest BCUT2D eigenvalue weighted by Crippen LogP contribution is -2.54. The highest BCUT2D eigenvalue weighted by Crippen LogP contribution is 2.23. The van der Waals surface area contributed by atoms with Crippen LogP contribution in [-0.2, 0) is 25.6 Å². The molecule has 1 aromatic rings. The molecule has 1 aliphatic carbocycles. The van der Waals surface area contributed by atoms with Crippen molar-refractivity contribution in [1.82, 2.24) is 20.2 Å². The van der Waals surface area contributed by atoms with Gasteiger partial charge in [0, 0.05) is 43.6 Å². The minimum Gasteiger partial charge on any atom is -0.368 e. The van der Waals surface area contributed by atoms with Crippen molar-refractivity contribution in [3.8, 4) is 0 Å².